The monoisotopic (exact) mass is 265 g/mol. The molecule has 0 fully saturated rings. The van der Waals surface area contributed by atoms with Gasteiger partial charge < -0.3 is 15.2 Å². The van der Waals surface area contributed by atoms with Crippen molar-refractivity contribution in [2.45, 2.75) is 26.7 Å². The van der Waals surface area contributed by atoms with E-state index in [1.165, 1.54) is 19.9 Å². The molecule has 1 amide bonds. The summed E-state index contributed by atoms with van der Waals surface area (Å²) in [5, 5.41) is 0. The molecular weight excluding hydrogens is 250 g/mol. The molecule has 0 aromatic heterocycles. The first-order chi connectivity index (χ1) is 8.88. The zero-order chi connectivity index (χ0) is 14.4. The Bertz CT molecular complexity index is 510. The van der Waals surface area contributed by atoms with Crippen LogP contribution in [0, 0.1) is 0 Å². The van der Waals surface area contributed by atoms with Gasteiger partial charge in [-0.3, -0.25) is 14.4 Å². The van der Waals surface area contributed by atoms with Crippen LogP contribution in [0.4, 0.5) is 0 Å². The van der Waals surface area contributed by atoms with Crippen LogP contribution in [0.25, 0.3) is 0 Å². The number of carbonyl (C=O) groups excluding carboxylic acids is 3. The summed E-state index contributed by atoms with van der Waals surface area (Å²) in [6.07, 6.45) is 0.608. The van der Waals surface area contributed by atoms with Gasteiger partial charge in [-0.05, 0) is 24.1 Å². The molecule has 1 rings (SSSR count). The highest BCUT2D eigenvalue weighted by atomic mass is 16.6. The van der Waals surface area contributed by atoms with Crippen molar-refractivity contribution in [2.75, 3.05) is 0 Å². The minimum atomic E-state index is -0.527. The van der Waals surface area contributed by atoms with Crippen molar-refractivity contribution in [2.24, 2.45) is 5.73 Å². The number of hydrogen-bond acceptors (Lipinski definition) is 5. The maximum atomic E-state index is 11.0. The van der Waals surface area contributed by atoms with Gasteiger partial charge in [-0.2, -0.15) is 0 Å². The van der Waals surface area contributed by atoms with E-state index in [0.29, 0.717) is 6.42 Å². The van der Waals surface area contributed by atoms with Crippen LogP contribution in [0.5, 0.6) is 11.5 Å². The molecule has 0 unspecified atom stereocenters. The molecule has 0 atom stereocenters. The SMILES string of the molecule is CC(=O)Oc1ccc(CCC(N)=O)cc1OC(C)=O. The van der Waals surface area contributed by atoms with Gasteiger partial charge in [0.25, 0.3) is 0 Å². The van der Waals surface area contributed by atoms with E-state index in [1.54, 1.807) is 12.1 Å². The van der Waals surface area contributed by atoms with Crippen molar-refractivity contribution in [3.05, 3.63) is 23.8 Å². The summed E-state index contributed by atoms with van der Waals surface area (Å²) in [6.45, 7) is 2.49. The Kier molecular flexibility index (Phi) is 5.05. The predicted octanol–water partition coefficient (Wildman–Crippen LogP) is 0.955. The zero-order valence-corrected chi connectivity index (χ0v) is 10.8. The van der Waals surface area contributed by atoms with E-state index < -0.39 is 17.8 Å². The number of esters is 2. The normalized spacial score (nSPS) is 9.79. The smallest absolute Gasteiger partial charge is 0.308 e. The molecule has 2 N–H and O–H groups in total. The second kappa shape index (κ2) is 6.53. The van der Waals surface area contributed by atoms with Crippen LogP contribution in [-0.2, 0) is 20.8 Å². The Balaban J connectivity index is 2.96. The van der Waals surface area contributed by atoms with Crippen molar-refractivity contribution in [1.29, 1.82) is 0 Å². The lowest BCUT2D eigenvalue weighted by atomic mass is 10.1. The standard InChI is InChI=1S/C13H15NO5/c1-8(15)18-11-5-3-10(4-6-13(14)17)7-12(11)19-9(2)16/h3,5,7H,4,6H2,1-2H3,(H2,14,17). The van der Waals surface area contributed by atoms with Crippen LogP contribution in [0.1, 0.15) is 25.8 Å². The molecule has 0 saturated heterocycles. The number of hydrogen-bond donors (Lipinski definition) is 1. The molecule has 0 saturated carbocycles. The average Bonchev–Trinajstić information content (AvgIpc) is 2.28. The number of primary amides is 1. The number of aryl methyl sites for hydroxylation is 1. The number of rotatable bonds is 5. The Morgan fingerprint density at radius 2 is 1.63 bits per heavy atom. The lowest BCUT2D eigenvalue weighted by molar-refractivity contribution is -0.134. The van der Waals surface area contributed by atoms with Crippen molar-refractivity contribution in [1.82, 2.24) is 0 Å². The molecule has 6 nitrogen and oxygen atoms in total. The van der Waals surface area contributed by atoms with Crippen LogP contribution < -0.4 is 15.2 Å². The van der Waals surface area contributed by atoms with Gasteiger partial charge in [-0.15, -0.1) is 0 Å². The summed E-state index contributed by atoms with van der Waals surface area (Å²) in [7, 11) is 0. The van der Waals surface area contributed by atoms with Gasteiger partial charge in [0.05, 0.1) is 0 Å². The van der Waals surface area contributed by atoms with Crippen LogP contribution in [0.15, 0.2) is 18.2 Å². The Morgan fingerprint density at radius 1 is 1.05 bits per heavy atom. The summed E-state index contributed by atoms with van der Waals surface area (Å²) >= 11 is 0. The van der Waals surface area contributed by atoms with Crippen LogP contribution in [-0.4, -0.2) is 17.8 Å². The summed E-state index contributed by atoms with van der Waals surface area (Å²) in [5.74, 6) is -1.16. The highest BCUT2D eigenvalue weighted by molar-refractivity contribution is 5.75. The summed E-state index contributed by atoms with van der Waals surface area (Å²) < 4.78 is 9.88. The Morgan fingerprint density at radius 3 is 2.16 bits per heavy atom. The average molecular weight is 265 g/mol. The highest BCUT2D eigenvalue weighted by Crippen LogP contribution is 2.29. The molecule has 0 aliphatic heterocycles. The zero-order valence-electron chi connectivity index (χ0n) is 10.8. The van der Waals surface area contributed by atoms with Gasteiger partial charge >= 0.3 is 11.9 Å². The second-order valence-corrected chi connectivity index (χ2v) is 3.93. The third-order valence-electron chi connectivity index (χ3n) is 2.18. The molecule has 19 heavy (non-hydrogen) atoms. The molecular formula is C13H15NO5. The van der Waals surface area contributed by atoms with Gasteiger partial charge in [0.1, 0.15) is 0 Å². The number of carbonyl (C=O) groups is 3. The summed E-state index contributed by atoms with van der Waals surface area (Å²) in [6, 6.07) is 4.73. The summed E-state index contributed by atoms with van der Waals surface area (Å²) in [4.78, 5) is 32.6. The van der Waals surface area contributed by atoms with Crippen molar-refractivity contribution in [3.8, 4) is 11.5 Å². The van der Waals surface area contributed by atoms with Crippen LogP contribution in [0.3, 0.4) is 0 Å². The van der Waals surface area contributed by atoms with Crippen molar-refractivity contribution in [3.63, 3.8) is 0 Å². The Labute approximate surface area is 110 Å². The topological polar surface area (TPSA) is 95.7 Å². The number of nitrogens with two attached hydrogens (primary N) is 1. The minimum absolute atomic E-state index is 0.143. The van der Waals surface area contributed by atoms with E-state index in [9.17, 15) is 14.4 Å². The van der Waals surface area contributed by atoms with Gasteiger partial charge in [0.2, 0.25) is 5.91 Å². The largest absolute Gasteiger partial charge is 0.423 e. The molecule has 102 valence electrons. The molecule has 0 bridgehead atoms. The first kappa shape index (κ1) is 14.7. The lowest BCUT2D eigenvalue weighted by Crippen LogP contribution is -2.11. The number of benzene rings is 1. The quantitative estimate of drug-likeness (QED) is 0.631. The molecule has 0 radical (unpaired) electrons. The third kappa shape index (κ3) is 5.20. The van der Waals surface area contributed by atoms with E-state index in [0.717, 1.165) is 5.56 Å². The van der Waals surface area contributed by atoms with E-state index in [2.05, 4.69) is 0 Å². The summed E-state index contributed by atoms with van der Waals surface area (Å²) in [5.41, 5.74) is 5.82. The molecule has 1 aromatic carbocycles. The molecule has 1 aromatic rings. The van der Waals surface area contributed by atoms with E-state index in [4.69, 9.17) is 15.2 Å². The number of ether oxygens (including phenoxy) is 2. The van der Waals surface area contributed by atoms with Crippen molar-refractivity contribution >= 4 is 17.8 Å². The van der Waals surface area contributed by atoms with Gasteiger partial charge in [-0.1, -0.05) is 6.07 Å². The fourth-order valence-corrected chi connectivity index (χ4v) is 1.45. The lowest BCUT2D eigenvalue weighted by Gasteiger charge is -2.10. The molecule has 0 aliphatic carbocycles. The van der Waals surface area contributed by atoms with Crippen LogP contribution >= 0.6 is 0 Å². The minimum Gasteiger partial charge on any atom is -0.423 e. The second-order valence-electron chi connectivity index (χ2n) is 3.93. The Hall–Kier alpha value is -2.37. The van der Waals surface area contributed by atoms with E-state index in [-0.39, 0.29) is 17.9 Å². The highest BCUT2D eigenvalue weighted by Gasteiger charge is 2.11. The maximum absolute atomic E-state index is 11.0. The number of amides is 1. The third-order valence-corrected chi connectivity index (χ3v) is 2.18. The fourth-order valence-electron chi connectivity index (χ4n) is 1.45. The van der Waals surface area contributed by atoms with Gasteiger partial charge in [-0.25, -0.2) is 0 Å². The first-order valence-corrected chi connectivity index (χ1v) is 5.66. The van der Waals surface area contributed by atoms with Crippen molar-refractivity contribution < 1.29 is 23.9 Å². The van der Waals surface area contributed by atoms with Crippen LogP contribution in [0.2, 0.25) is 0 Å². The van der Waals surface area contributed by atoms with Gasteiger partial charge in [0.15, 0.2) is 11.5 Å². The van der Waals surface area contributed by atoms with Gasteiger partial charge in [0, 0.05) is 20.3 Å². The molecule has 0 aliphatic rings. The predicted molar refractivity (Wildman–Crippen MR) is 66.6 cm³/mol. The molecule has 0 spiro atoms. The van der Waals surface area contributed by atoms with E-state index >= 15 is 0 Å². The van der Waals surface area contributed by atoms with E-state index in [1.807, 2.05) is 0 Å². The molecule has 6 heteroatoms. The molecule has 0 heterocycles. The first-order valence-electron chi connectivity index (χ1n) is 5.66. The fraction of sp³-hybridized carbons (Fsp3) is 0.308. The maximum Gasteiger partial charge on any atom is 0.308 e.